The predicted molar refractivity (Wildman–Crippen MR) is 132 cm³/mol. The maximum absolute atomic E-state index is 13.0. The first-order chi connectivity index (χ1) is 16.7. The van der Waals surface area contributed by atoms with Crippen molar-refractivity contribution in [3.63, 3.8) is 0 Å². The third-order valence-electron chi connectivity index (χ3n) is 5.75. The minimum Gasteiger partial charge on any atom is -0.463 e. The van der Waals surface area contributed by atoms with E-state index in [-0.39, 0.29) is 24.8 Å². The van der Waals surface area contributed by atoms with Gasteiger partial charge in [-0.3, -0.25) is 20.2 Å². The zero-order valence-corrected chi connectivity index (χ0v) is 20.0. The van der Waals surface area contributed by atoms with E-state index >= 15 is 0 Å². The van der Waals surface area contributed by atoms with Gasteiger partial charge in [-0.2, -0.15) is 5.26 Å². The number of amides is 1. The summed E-state index contributed by atoms with van der Waals surface area (Å²) >= 11 is 0. The minimum atomic E-state index is -1.68. The molecule has 3 rings (SSSR count). The lowest BCUT2D eigenvalue weighted by Crippen LogP contribution is -2.59. The van der Waals surface area contributed by atoms with E-state index in [1.807, 2.05) is 6.07 Å². The first-order valence-electron chi connectivity index (χ1n) is 11.2. The summed E-state index contributed by atoms with van der Waals surface area (Å²) in [6, 6.07) is 19.5. The summed E-state index contributed by atoms with van der Waals surface area (Å²) in [6.45, 7) is 3.52. The van der Waals surface area contributed by atoms with Crippen LogP contribution in [0.4, 0.5) is 0 Å². The summed E-state index contributed by atoms with van der Waals surface area (Å²) in [7, 11) is 1.59. The molecule has 0 aromatic heterocycles. The number of nitrogens with one attached hydrogen (secondary N) is 1. The molecular weight excluding hydrogens is 444 g/mol. The summed E-state index contributed by atoms with van der Waals surface area (Å²) in [5, 5.41) is 13.2. The van der Waals surface area contributed by atoms with Gasteiger partial charge in [0.2, 0.25) is 0 Å². The van der Waals surface area contributed by atoms with Gasteiger partial charge in [0.15, 0.2) is 5.66 Å². The van der Waals surface area contributed by atoms with Gasteiger partial charge in [0.25, 0.3) is 5.91 Å². The highest BCUT2D eigenvalue weighted by Crippen LogP contribution is 2.29. The van der Waals surface area contributed by atoms with Gasteiger partial charge in [0.05, 0.1) is 24.8 Å². The van der Waals surface area contributed by atoms with Crippen LogP contribution in [0.1, 0.15) is 40.9 Å². The quantitative estimate of drug-likeness (QED) is 0.362. The van der Waals surface area contributed by atoms with Crippen LogP contribution < -0.4 is 11.1 Å². The molecule has 0 aliphatic heterocycles. The van der Waals surface area contributed by atoms with Crippen molar-refractivity contribution in [3.8, 4) is 6.07 Å². The van der Waals surface area contributed by atoms with Crippen molar-refractivity contribution in [2.45, 2.75) is 26.1 Å². The lowest BCUT2D eigenvalue weighted by atomic mass is 9.93. The Morgan fingerprint density at radius 3 is 2.46 bits per heavy atom. The van der Waals surface area contributed by atoms with Gasteiger partial charge in [-0.15, -0.1) is 0 Å². The number of ketones is 1. The molecule has 0 radical (unpaired) electrons. The Kier molecular flexibility index (Phi) is 7.97. The highest BCUT2D eigenvalue weighted by molar-refractivity contribution is 6.07. The second-order valence-corrected chi connectivity index (χ2v) is 8.28. The van der Waals surface area contributed by atoms with Crippen LogP contribution in [-0.4, -0.2) is 42.8 Å². The number of nitrogens with two attached hydrogens (primary N) is 1. The predicted octanol–water partition coefficient (Wildman–Crippen LogP) is 2.84. The van der Waals surface area contributed by atoms with Crippen LogP contribution in [0.2, 0.25) is 0 Å². The van der Waals surface area contributed by atoms with Gasteiger partial charge in [0, 0.05) is 12.1 Å². The number of nitriles is 1. The van der Waals surface area contributed by atoms with Gasteiger partial charge in [-0.05, 0) is 67.1 Å². The molecule has 180 valence electrons. The van der Waals surface area contributed by atoms with Gasteiger partial charge in [-0.1, -0.05) is 36.4 Å². The smallest absolute Gasteiger partial charge is 0.346 e. The van der Waals surface area contributed by atoms with E-state index in [4.69, 9.17) is 15.7 Å². The molecule has 0 bridgehead atoms. The molecule has 0 fully saturated rings. The molecule has 0 spiro atoms. The van der Waals surface area contributed by atoms with Gasteiger partial charge < -0.3 is 10.1 Å². The summed E-state index contributed by atoms with van der Waals surface area (Å²) in [6.07, 6.45) is 0. The second-order valence-electron chi connectivity index (χ2n) is 8.28. The number of rotatable bonds is 9. The lowest BCUT2D eigenvalue weighted by Gasteiger charge is -2.36. The number of hydrogen-bond acceptors (Lipinski definition) is 7. The molecule has 3 aromatic rings. The molecule has 3 aromatic carbocycles. The Hall–Kier alpha value is -4.06. The van der Waals surface area contributed by atoms with Crippen molar-refractivity contribution >= 4 is 28.4 Å². The van der Waals surface area contributed by atoms with Crippen molar-refractivity contribution in [2.75, 3.05) is 20.2 Å². The first kappa shape index (κ1) is 25.6. The van der Waals surface area contributed by atoms with Crippen LogP contribution >= 0.6 is 0 Å². The number of hydrogen-bond donors (Lipinski definition) is 2. The van der Waals surface area contributed by atoms with Gasteiger partial charge in [0.1, 0.15) is 5.78 Å². The van der Waals surface area contributed by atoms with Crippen LogP contribution in [0.25, 0.3) is 10.8 Å². The summed E-state index contributed by atoms with van der Waals surface area (Å²) in [5.74, 6) is -1.07. The van der Waals surface area contributed by atoms with Crippen molar-refractivity contribution in [2.24, 2.45) is 5.73 Å². The van der Waals surface area contributed by atoms with E-state index in [1.165, 1.54) is 11.8 Å². The number of ether oxygens (including phenoxy) is 1. The standard InChI is InChI=1S/C27H28N4O4/c1-4-35-26(34)27(29,31(3)17-18(2)32)22-12-13-23-21(14-22)6-5-7-24(23)25(33)30-16-20-10-8-19(15-28)9-11-20/h5-14H,4,16-17,29H2,1-3H3,(H,30,33). The molecule has 1 unspecified atom stereocenters. The van der Waals surface area contributed by atoms with Crippen LogP contribution in [0, 0.1) is 11.3 Å². The Bertz CT molecular complexity index is 1300. The summed E-state index contributed by atoms with van der Waals surface area (Å²) < 4.78 is 5.23. The summed E-state index contributed by atoms with van der Waals surface area (Å²) in [5.41, 5.74) is 7.23. The van der Waals surface area contributed by atoms with Gasteiger partial charge in [-0.25, -0.2) is 4.79 Å². The van der Waals surface area contributed by atoms with Crippen molar-refractivity contribution < 1.29 is 19.1 Å². The molecule has 0 aliphatic rings. The van der Waals surface area contributed by atoms with E-state index in [0.717, 1.165) is 5.56 Å². The van der Waals surface area contributed by atoms with Crippen molar-refractivity contribution in [1.82, 2.24) is 10.2 Å². The average Bonchev–Trinajstić information content (AvgIpc) is 2.86. The summed E-state index contributed by atoms with van der Waals surface area (Å²) in [4.78, 5) is 39.0. The number of likely N-dealkylation sites (N-methyl/N-ethyl adjacent to an activating group) is 1. The topological polar surface area (TPSA) is 126 Å². The van der Waals surface area contributed by atoms with Crippen LogP contribution in [0.5, 0.6) is 0 Å². The van der Waals surface area contributed by atoms with Gasteiger partial charge >= 0.3 is 5.97 Å². The first-order valence-corrected chi connectivity index (χ1v) is 11.2. The van der Waals surface area contributed by atoms with Crippen molar-refractivity contribution in [3.05, 3.63) is 82.9 Å². The van der Waals surface area contributed by atoms with E-state index < -0.39 is 11.6 Å². The Morgan fingerprint density at radius 2 is 1.83 bits per heavy atom. The van der Waals surface area contributed by atoms with Crippen LogP contribution in [0.15, 0.2) is 60.7 Å². The fourth-order valence-corrected chi connectivity index (χ4v) is 3.89. The number of benzene rings is 3. The molecule has 0 aliphatic carbocycles. The molecular formula is C27H28N4O4. The highest BCUT2D eigenvalue weighted by atomic mass is 16.5. The minimum absolute atomic E-state index is 0.0366. The SMILES string of the molecule is CCOC(=O)C(N)(c1ccc2c(C(=O)NCc3ccc(C#N)cc3)cccc2c1)N(C)CC(C)=O. The number of nitrogens with zero attached hydrogens (tertiary/aromatic N) is 2. The maximum atomic E-state index is 13.0. The van der Waals surface area contributed by atoms with E-state index in [2.05, 4.69) is 11.4 Å². The molecule has 8 heteroatoms. The fourth-order valence-electron chi connectivity index (χ4n) is 3.89. The molecule has 1 amide bonds. The lowest BCUT2D eigenvalue weighted by molar-refractivity contribution is -0.158. The molecule has 3 N–H and O–H groups in total. The van der Waals surface area contributed by atoms with E-state index in [0.29, 0.717) is 34.0 Å². The monoisotopic (exact) mass is 472 g/mol. The Balaban J connectivity index is 1.92. The number of carbonyl (C=O) groups excluding carboxylic acids is 3. The van der Waals surface area contributed by atoms with E-state index in [9.17, 15) is 14.4 Å². The molecule has 1 atom stereocenters. The molecule has 8 nitrogen and oxygen atoms in total. The Morgan fingerprint density at radius 1 is 1.11 bits per heavy atom. The second kappa shape index (κ2) is 10.9. The van der Waals surface area contributed by atoms with Crippen LogP contribution in [-0.2, 0) is 26.5 Å². The number of esters is 1. The highest BCUT2D eigenvalue weighted by Gasteiger charge is 2.42. The molecule has 0 heterocycles. The third kappa shape index (κ3) is 5.54. The Labute approximate surface area is 204 Å². The van der Waals surface area contributed by atoms with Crippen molar-refractivity contribution in [1.29, 1.82) is 5.26 Å². The number of Topliss-reactive ketones (excluding diaryl/α,β-unsaturated/α-hetero) is 1. The number of carbonyl (C=O) groups is 3. The largest absolute Gasteiger partial charge is 0.463 e. The van der Waals surface area contributed by atoms with E-state index in [1.54, 1.807) is 68.6 Å². The fraction of sp³-hybridized carbons (Fsp3) is 0.259. The molecule has 35 heavy (non-hydrogen) atoms. The zero-order valence-electron chi connectivity index (χ0n) is 20.0. The third-order valence-corrected chi connectivity index (χ3v) is 5.75. The average molecular weight is 473 g/mol. The number of fused-ring (bicyclic) bond motifs is 1. The maximum Gasteiger partial charge on any atom is 0.346 e. The molecule has 0 saturated carbocycles. The van der Waals surface area contributed by atoms with Crippen LogP contribution in [0.3, 0.4) is 0 Å². The normalized spacial score (nSPS) is 12.6. The molecule has 0 saturated heterocycles. The zero-order chi connectivity index (χ0) is 25.6.